The molecule has 0 amide bonds. The molecule has 0 unspecified atom stereocenters. The normalized spacial score (nSPS) is 16.4. The Bertz CT molecular complexity index is 660. The molecule has 2 aromatic heterocycles. The van der Waals surface area contributed by atoms with Gasteiger partial charge in [0.25, 0.3) is 0 Å². The average Bonchev–Trinajstić information content (AvgIpc) is 3.31. The first-order valence-corrected chi connectivity index (χ1v) is 9.74. The minimum Gasteiger partial charge on any atom is -0.364 e. The monoisotopic (exact) mass is 362 g/mol. The summed E-state index contributed by atoms with van der Waals surface area (Å²) >= 11 is 1.72. The van der Waals surface area contributed by atoms with Crippen LogP contribution in [0.3, 0.4) is 0 Å². The van der Waals surface area contributed by atoms with Crippen molar-refractivity contribution in [3.8, 4) is 0 Å². The number of thiazole rings is 1. The molecule has 1 aliphatic rings. The van der Waals surface area contributed by atoms with E-state index in [1.165, 1.54) is 5.01 Å². The van der Waals surface area contributed by atoms with Gasteiger partial charge in [0.1, 0.15) is 6.26 Å². The van der Waals surface area contributed by atoms with E-state index in [2.05, 4.69) is 44.5 Å². The van der Waals surface area contributed by atoms with Crippen molar-refractivity contribution < 1.29 is 4.52 Å². The number of rotatable bonds is 6. The zero-order valence-corrected chi connectivity index (χ0v) is 15.8. The first-order valence-electron chi connectivity index (χ1n) is 8.86. The van der Waals surface area contributed by atoms with Gasteiger partial charge >= 0.3 is 0 Å². The molecule has 7 nitrogen and oxygen atoms in total. The molecule has 1 aliphatic heterocycles. The molecular weight excluding hydrogens is 336 g/mol. The summed E-state index contributed by atoms with van der Waals surface area (Å²) in [7, 11) is 0. The summed E-state index contributed by atoms with van der Waals surface area (Å²) in [5, 5.41) is 10.7. The Hall–Kier alpha value is -1.93. The molecule has 2 aromatic rings. The van der Waals surface area contributed by atoms with Gasteiger partial charge in [0.2, 0.25) is 0 Å². The third kappa shape index (κ3) is 5.02. The maximum Gasteiger partial charge on any atom is 0.194 e. The molecule has 3 rings (SSSR count). The van der Waals surface area contributed by atoms with E-state index in [0.29, 0.717) is 6.54 Å². The molecule has 25 heavy (non-hydrogen) atoms. The summed E-state index contributed by atoms with van der Waals surface area (Å²) in [5.74, 6) is 0.981. The fraction of sp³-hybridized carbons (Fsp3) is 0.588. The van der Waals surface area contributed by atoms with E-state index in [1.54, 1.807) is 17.6 Å². The van der Waals surface area contributed by atoms with Crippen LogP contribution in [0.15, 0.2) is 27.2 Å². The number of hydrogen-bond donors (Lipinski definition) is 1. The highest BCUT2D eigenvalue weighted by Crippen LogP contribution is 2.12. The van der Waals surface area contributed by atoms with E-state index in [1.807, 2.05) is 6.07 Å². The summed E-state index contributed by atoms with van der Waals surface area (Å²) in [4.78, 5) is 14.1. The Morgan fingerprint density at radius 1 is 1.28 bits per heavy atom. The Morgan fingerprint density at radius 2 is 2.12 bits per heavy atom. The fourth-order valence-electron chi connectivity index (χ4n) is 2.83. The van der Waals surface area contributed by atoms with Crippen LogP contribution in [0, 0.1) is 0 Å². The second kappa shape index (κ2) is 8.96. The van der Waals surface area contributed by atoms with Crippen LogP contribution in [0.1, 0.15) is 30.2 Å². The molecule has 3 heterocycles. The Morgan fingerprint density at radius 3 is 2.76 bits per heavy atom. The number of aryl methyl sites for hydroxylation is 1. The predicted molar refractivity (Wildman–Crippen MR) is 99.7 cm³/mol. The lowest BCUT2D eigenvalue weighted by Gasteiger charge is -2.36. The van der Waals surface area contributed by atoms with Crippen molar-refractivity contribution >= 4 is 17.3 Å². The smallest absolute Gasteiger partial charge is 0.194 e. The second-order valence-electron chi connectivity index (χ2n) is 6.01. The van der Waals surface area contributed by atoms with Crippen LogP contribution in [0.4, 0.5) is 0 Å². The molecule has 136 valence electrons. The lowest BCUT2D eigenvalue weighted by atomic mass is 10.3. The Balaban J connectivity index is 1.54. The van der Waals surface area contributed by atoms with Crippen LogP contribution in [0.25, 0.3) is 0 Å². The molecule has 0 aromatic carbocycles. The van der Waals surface area contributed by atoms with E-state index < -0.39 is 0 Å². The van der Waals surface area contributed by atoms with E-state index in [0.717, 1.165) is 63.0 Å². The van der Waals surface area contributed by atoms with Crippen molar-refractivity contribution in [2.24, 2.45) is 4.99 Å². The summed E-state index contributed by atoms with van der Waals surface area (Å²) in [6, 6.07) is 1.93. The van der Waals surface area contributed by atoms with Crippen LogP contribution >= 0.6 is 11.3 Å². The minimum atomic E-state index is 0.637. The number of piperazine rings is 1. The maximum atomic E-state index is 4.91. The van der Waals surface area contributed by atoms with Gasteiger partial charge < -0.3 is 14.7 Å². The highest BCUT2D eigenvalue weighted by atomic mass is 32.1. The van der Waals surface area contributed by atoms with Gasteiger partial charge in [-0.25, -0.2) is 9.98 Å². The van der Waals surface area contributed by atoms with Crippen molar-refractivity contribution in [3.05, 3.63) is 34.1 Å². The number of nitrogens with one attached hydrogen (secondary N) is 1. The molecule has 0 spiro atoms. The number of hydrogen-bond acceptors (Lipinski definition) is 6. The third-order valence-corrected chi connectivity index (χ3v) is 5.22. The van der Waals surface area contributed by atoms with Gasteiger partial charge in [-0.3, -0.25) is 4.90 Å². The maximum absolute atomic E-state index is 4.91. The van der Waals surface area contributed by atoms with Crippen molar-refractivity contribution in [2.75, 3.05) is 32.7 Å². The molecule has 1 N–H and O–H groups in total. The number of aromatic nitrogens is 2. The fourth-order valence-corrected chi connectivity index (χ4v) is 3.57. The van der Waals surface area contributed by atoms with Crippen LogP contribution in [0.2, 0.25) is 0 Å². The standard InChI is InChI=1S/C17H26N6OS/c1-3-16-20-15(13-25-16)11-19-17(18-4-2)23-8-6-22(7-9-23)12-14-5-10-24-21-14/h5,10,13H,3-4,6-9,11-12H2,1-2H3,(H,18,19). The van der Waals surface area contributed by atoms with Gasteiger partial charge in [-0.1, -0.05) is 12.1 Å². The largest absolute Gasteiger partial charge is 0.364 e. The lowest BCUT2D eigenvalue weighted by Crippen LogP contribution is -2.52. The Labute approximate surface area is 152 Å². The molecule has 0 radical (unpaired) electrons. The van der Waals surface area contributed by atoms with Crippen LogP contribution in [-0.2, 0) is 19.5 Å². The number of guanidine groups is 1. The topological polar surface area (TPSA) is 69.8 Å². The zero-order chi connectivity index (χ0) is 17.5. The second-order valence-corrected chi connectivity index (χ2v) is 6.95. The van der Waals surface area contributed by atoms with Gasteiger partial charge in [-0.05, 0) is 13.3 Å². The Kier molecular flexibility index (Phi) is 6.41. The van der Waals surface area contributed by atoms with Crippen LogP contribution < -0.4 is 5.32 Å². The minimum absolute atomic E-state index is 0.637. The van der Waals surface area contributed by atoms with Crippen molar-refractivity contribution in [3.63, 3.8) is 0 Å². The number of nitrogens with zero attached hydrogens (tertiary/aromatic N) is 5. The summed E-state index contributed by atoms with van der Waals surface area (Å²) in [5.41, 5.74) is 2.05. The molecule has 0 aliphatic carbocycles. The highest BCUT2D eigenvalue weighted by molar-refractivity contribution is 7.09. The van der Waals surface area contributed by atoms with E-state index in [4.69, 9.17) is 9.52 Å². The average molecular weight is 363 g/mol. The van der Waals surface area contributed by atoms with E-state index in [-0.39, 0.29) is 0 Å². The van der Waals surface area contributed by atoms with E-state index >= 15 is 0 Å². The quantitative estimate of drug-likeness (QED) is 0.626. The predicted octanol–water partition coefficient (Wildman–Crippen LogP) is 1.98. The lowest BCUT2D eigenvalue weighted by molar-refractivity contribution is 0.169. The van der Waals surface area contributed by atoms with Gasteiger partial charge in [0.05, 0.1) is 22.9 Å². The van der Waals surface area contributed by atoms with Gasteiger partial charge in [0.15, 0.2) is 5.96 Å². The van der Waals surface area contributed by atoms with Gasteiger partial charge in [-0.15, -0.1) is 11.3 Å². The first-order chi connectivity index (χ1) is 12.3. The molecule has 8 heteroatoms. The van der Waals surface area contributed by atoms with E-state index in [9.17, 15) is 0 Å². The van der Waals surface area contributed by atoms with Crippen molar-refractivity contribution in [1.82, 2.24) is 25.3 Å². The molecular formula is C17H26N6OS. The highest BCUT2D eigenvalue weighted by Gasteiger charge is 2.20. The summed E-state index contributed by atoms with van der Waals surface area (Å²) < 4.78 is 4.91. The van der Waals surface area contributed by atoms with Gasteiger partial charge in [0, 0.05) is 50.7 Å². The summed E-state index contributed by atoms with van der Waals surface area (Å²) in [6.45, 7) is 10.5. The van der Waals surface area contributed by atoms with Crippen molar-refractivity contribution in [1.29, 1.82) is 0 Å². The third-order valence-electron chi connectivity index (χ3n) is 4.18. The first kappa shape index (κ1) is 17.9. The van der Waals surface area contributed by atoms with Gasteiger partial charge in [-0.2, -0.15) is 0 Å². The SMILES string of the molecule is CCNC(=NCc1csc(CC)n1)N1CCN(Cc2ccon2)CC1. The number of aliphatic imine (C=N–C) groups is 1. The zero-order valence-electron chi connectivity index (χ0n) is 14.9. The van der Waals surface area contributed by atoms with Crippen LogP contribution in [0.5, 0.6) is 0 Å². The van der Waals surface area contributed by atoms with Crippen LogP contribution in [-0.4, -0.2) is 58.6 Å². The molecule has 0 atom stereocenters. The molecule has 0 saturated carbocycles. The summed E-state index contributed by atoms with van der Waals surface area (Å²) in [6.07, 6.45) is 2.62. The van der Waals surface area contributed by atoms with Crippen molar-refractivity contribution in [2.45, 2.75) is 33.4 Å². The molecule has 1 saturated heterocycles. The molecule has 0 bridgehead atoms. The molecule has 1 fully saturated rings.